The van der Waals surface area contributed by atoms with Crippen molar-refractivity contribution in [3.63, 3.8) is 0 Å². The Hall–Kier alpha value is -2.18. The molecule has 0 rings (SSSR count). The van der Waals surface area contributed by atoms with Crippen LogP contribution in [-0.2, 0) is 14.3 Å². The number of allylic oxidation sites excluding steroid dienone is 7. The van der Waals surface area contributed by atoms with Crippen molar-refractivity contribution < 1.29 is 24.5 Å². The number of carbonyl (C=O) groups is 2. The molecule has 70 heavy (non-hydrogen) atoms. The fourth-order valence-electron chi connectivity index (χ4n) is 9.29. The summed E-state index contributed by atoms with van der Waals surface area (Å²) in [4.78, 5) is 24.5. The van der Waals surface area contributed by atoms with E-state index in [1.807, 2.05) is 6.08 Å². The molecule has 6 heteroatoms. The number of rotatable bonds is 57. The number of unbranched alkanes of at least 4 members (excludes halogenated alkanes) is 40. The van der Waals surface area contributed by atoms with Crippen molar-refractivity contribution in [1.29, 1.82) is 0 Å². The van der Waals surface area contributed by atoms with Gasteiger partial charge in [0.2, 0.25) is 5.91 Å². The van der Waals surface area contributed by atoms with E-state index in [9.17, 15) is 19.8 Å². The molecule has 1 amide bonds. The predicted molar refractivity (Wildman–Crippen MR) is 306 cm³/mol. The maximum Gasteiger partial charge on any atom is 0.305 e. The van der Waals surface area contributed by atoms with E-state index in [1.54, 1.807) is 6.08 Å². The van der Waals surface area contributed by atoms with Crippen molar-refractivity contribution in [3.05, 3.63) is 48.6 Å². The monoisotopic (exact) mass is 982 g/mol. The van der Waals surface area contributed by atoms with Gasteiger partial charge in [0.05, 0.1) is 25.4 Å². The van der Waals surface area contributed by atoms with Crippen LogP contribution < -0.4 is 5.32 Å². The number of ether oxygens (including phenoxy) is 1. The summed E-state index contributed by atoms with van der Waals surface area (Å²) in [5.74, 6) is -0.108. The average molecular weight is 983 g/mol. The Bertz CT molecular complexity index is 1180. The minimum absolute atomic E-state index is 0.0258. The van der Waals surface area contributed by atoms with Crippen LogP contribution in [0.2, 0.25) is 0 Å². The number of nitrogens with one attached hydrogen (secondary N) is 1. The first-order chi connectivity index (χ1) is 34.5. The van der Waals surface area contributed by atoms with Gasteiger partial charge in [0.25, 0.3) is 0 Å². The lowest BCUT2D eigenvalue weighted by atomic mass is 10.0. The molecule has 0 spiro atoms. The van der Waals surface area contributed by atoms with Crippen LogP contribution in [0.4, 0.5) is 0 Å². The molecule has 0 aliphatic heterocycles. The Labute approximate surface area is 436 Å². The number of aliphatic hydroxyl groups excluding tert-OH is 2. The normalized spacial score (nSPS) is 12.9. The first kappa shape index (κ1) is 67.8. The zero-order valence-electron chi connectivity index (χ0n) is 46.7. The largest absolute Gasteiger partial charge is 0.466 e. The SMILES string of the molecule is CCCC/C=C\C/C=C\CCCCCCCC(=O)OCCCCCC/C=C\CCCCCCCCCC(=O)NC(CO)C(O)/C=C/CCCCCCCCCCCCCCCCCCCCCCCC. The minimum atomic E-state index is -0.857. The molecular weight excluding hydrogens is 863 g/mol. The zero-order valence-corrected chi connectivity index (χ0v) is 46.7. The van der Waals surface area contributed by atoms with Gasteiger partial charge in [0.15, 0.2) is 0 Å². The summed E-state index contributed by atoms with van der Waals surface area (Å²) in [7, 11) is 0. The molecule has 0 fully saturated rings. The highest BCUT2D eigenvalue weighted by molar-refractivity contribution is 5.76. The van der Waals surface area contributed by atoms with Crippen LogP contribution in [-0.4, -0.2) is 47.4 Å². The Kier molecular flexibility index (Phi) is 57.5. The van der Waals surface area contributed by atoms with E-state index in [0.717, 1.165) is 83.5 Å². The molecule has 2 unspecified atom stereocenters. The van der Waals surface area contributed by atoms with Crippen LogP contribution >= 0.6 is 0 Å². The molecule has 0 aromatic heterocycles. The lowest BCUT2D eigenvalue weighted by molar-refractivity contribution is -0.143. The van der Waals surface area contributed by atoms with E-state index < -0.39 is 12.1 Å². The Morgan fingerprint density at radius 2 is 0.729 bits per heavy atom. The van der Waals surface area contributed by atoms with E-state index in [2.05, 4.69) is 55.6 Å². The molecule has 0 aliphatic rings. The van der Waals surface area contributed by atoms with Gasteiger partial charge < -0.3 is 20.3 Å². The van der Waals surface area contributed by atoms with Gasteiger partial charge in [-0.2, -0.15) is 0 Å². The van der Waals surface area contributed by atoms with Crippen LogP contribution in [0.1, 0.15) is 322 Å². The lowest BCUT2D eigenvalue weighted by Gasteiger charge is -2.20. The number of hydrogen-bond acceptors (Lipinski definition) is 5. The van der Waals surface area contributed by atoms with Crippen LogP contribution in [0.25, 0.3) is 0 Å². The van der Waals surface area contributed by atoms with E-state index >= 15 is 0 Å². The van der Waals surface area contributed by atoms with Crippen molar-refractivity contribution in [3.8, 4) is 0 Å². The first-order valence-electron chi connectivity index (χ1n) is 30.9. The van der Waals surface area contributed by atoms with Gasteiger partial charge in [-0.05, 0) is 83.5 Å². The molecule has 0 radical (unpaired) electrons. The van der Waals surface area contributed by atoms with Crippen molar-refractivity contribution in [1.82, 2.24) is 5.32 Å². The number of amides is 1. The molecule has 0 saturated carbocycles. The third-order valence-corrected chi connectivity index (χ3v) is 14.1. The predicted octanol–water partition coefficient (Wildman–Crippen LogP) is 19.4. The molecule has 2 atom stereocenters. The van der Waals surface area contributed by atoms with E-state index in [0.29, 0.717) is 19.4 Å². The van der Waals surface area contributed by atoms with Gasteiger partial charge >= 0.3 is 5.97 Å². The van der Waals surface area contributed by atoms with Crippen molar-refractivity contribution in [2.75, 3.05) is 13.2 Å². The summed E-state index contributed by atoms with van der Waals surface area (Å²) >= 11 is 0. The molecule has 0 heterocycles. The standard InChI is InChI=1S/C64H119NO5/c1-3-5-7-9-11-13-15-17-19-20-21-22-23-24-25-26-27-29-32-36-40-44-48-52-56-62(67)61(60-66)65-63(68)57-53-49-45-41-37-33-30-28-31-35-39-43-47-51-55-59-70-64(69)58-54-50-46-42-38-34-18-16-14-12-10-8-6-4-2/h10,12,16,18,31,35,52,56,61-62,66-67H,3-9,11,13-15,17,19-30,32-34,36-51,53-55,57-60H2,1-2H3,(H,65,68)/b12-10-,18-16-,35-31-,56-52+. The summed E-state index contributed by atoms with van der Waals surface area (Å²) < 4.78 is 5.45. The molecular formula is C64H119NO5. The van der Waals surface area contributed by atoms with E-state index in [1.165, 1.54) is 212 Å². The Morgan fingerprint density at radius 3 is 1.14 bits per heavy atom. The summed E-state index contributed by atoms with van der Waals surface area (Å²) in [5, 5.41) is 23.2. The lowest BCUT2D eigenvalue weighted by Crippen LogP contribution is -2.45. The first-order valence-corrected chi connectivity index (χ1v) is 30.9. The van der Waals surface area contributed by atoms with Gasteiger partial charge in [0.1, 0.15) is 0 Å². The Morgan fingerprint density at radius 1 is 0.400 bits per heavy atom. The van der Waals surface area contributed by atoms with Crippen LogP contribution in [0.5, 0.6) is 0 Å². The molecule has 0 aliphatic carbocycles. The van der Waals surface area contributed by atoms with Crippen molar-refractivity contribution in [2.24, 2.45) is 0 Å². The minimum Gasteiger partial charge on any atom is -0.466 e. The third-order valence-electron chi connectivity index (χ3n) is 14.1. The Balaban J connectivity index is 3.51. The fourth-order valence-corrected chi connectivity index (χ4v) is 9.29. The molecule has 0 bridgehead atoms. The zero-order chi connectivity index (χ0) is 50.7. The highest BCUT2D eigenvalue weighted by Crippen LogP contribution is 2.17. The second-order valence-electron chi connectivity index (χ2n) is 21.0. The molecule has 0 aromatic rings. The van der Waals surface area contributed by atoms with E-state index in [-0.39, 0.29) is 18.5 Å². The topological polar surface area (TPSA) is 95.9 Å². The molecule has 6 nitrogen and oxygen atoms in total. The summed E-state index contributed by atoms with van der Waals surface area (Å²) in [6.45, 7) is 4.83. The maximum absolute atomic E-state index is 12.5. The van der Waals surface area contributed by atoms with E-state index in [4.69, 9.17) is 4.74 Å². The highest BCUT2D eigenvalue weighted by Gasteiger charge is 2.18. The van der Waals surface area contributed by atoms with Crippen LogP contribution in [0.15, 0.2) is 48.6 Å². The second-order valence-corrected chi connectivity index (χ2v) is 21.0. The van der Waals surface area contributed by atoms with Gasteiger partial charge in [-0.25, -0.2) is 0 Å². The van der Waals surface area contributed by atoms with Crippen molar-refractivity contribution in [2.45, 2.75) is 334 Å². The number of aliphatic hydroxyl groups is 2. The van der Waals surface area contributed by atoms with Crippen LogP contribution in [0, 0.1) is 0 Å². The third kappa shape index (κ3) is 55.1. The maximum atomic E-state index is 12.5. The smallest absolute Gasteiger partial charge is 0.305 e. The average Bonchev–Trinajstić information content (AvgIpc) is 3.36. The van der Waals surface area contributed by atoms with Crippen molar-refractivity contribution >= 4 is 11.9 Å². The summed E-state index contributed by atoms with van der Waals surface area (Å²) in [6.07, 6.45) is 75.7. The second kappa shape index (κ2) is 59.4. The van der Waals surface area contributed by atoms with Crippen LogP contribution in [0.3, 0.4) is 0 Å². The van der Waals surface area contributed by atoms with Gasteiger partial charge in [-0.15, -0.1) is 0 Å². The molecule has 0 aromatic carbocycles. The fraction of sp³-hybridized carbons (Fsp3) is 0.844. The molecule has 410 valence electrons. The van der Waals surface area contributed by atoms with Gasteiger partial charge in [-0.1, -0.05) is 274 Å². The molecule has 0 saturated heterocycles. The molecule has 3 N–H and O–H groups in total. The van der Waals surface area contributed by atoms with Gasteiger partial charge in [0, 0.05) is 12.8 Å². The quantitative estimate of drug-likeness (QED) is 0.0321. The van der Waals surface area contributed by atoms with Gasteiger partial charge in [-0.3, -0.25) is 9.59 Å². The summed E-state index contributed by atoms with van der Waals surface area (Å²) in [5.41, 5.74) is 0. The highest BCUT2D eigenvalue weighted by atomic mass is 16.5. The summed E-state index contributed by atoms with van der Waals surface area (Å²) in [6, 6.07) is -0.642. The number of esters is 1. The number of carbonyl (C=O) groups excluding carboxylic acids is 2. The number of hydrogen-bond donors (Lipinski definition) is 3.